The second-order valence-electron chi connectivity index (χ2n) is 3.34. The molecule has 1 aromatic carbocycles. The zero-order valence-corrected chi connectivity index (χ0v) is 8.81. The molecule has 2 aromatic rings. The maximum atomic E-state index is 8.66. The first-order chi connectivity index (χ1) is 7.78. The van der Waals surface area contributed by atoms with Crippen LogP contribution in [0.2, 0.25) is 0 Å². The number of anilines is 2. The third-order valence-corrected chi connectivity index (χ3v) is 2.06. The molecule has 0 radical (unpaired) electrons. The molecule has 1 N–H and O–H groups in total. The van der Waals surface area contributed by atoms with Gasteiger partial charge in [0.05, 0.1) is 11.6 Å². The Labute approximate surface area is 93.6 Å². The van der Waals surface area contributed by atoms with Gasteiger partial charge in [-0.3, -0.25) is 0 Å². The Morgan fingerprint density at radius 1 is 1.19 bits per heavy atom. The second kappa shape index (κ2) is 4.41. The summed E-state index contributed by atoms with van der Waals surface area (Å²) in [5, 5.41) is 11.7. The Bertz CT molecular complexity index is 525. The van der Waals surface area contributed by atoms with Gasteiger partial charge in [0.1, 0.15) is 0 Å². The quantitative estimate of drug-likeness (QED) is 0.826. The van der Waals surface area contributed by atoms with E-state index in [9.17, 15) is 0 Å². The van der Waals surface area contributed by atoms with Gasteiger partial charge < -0.3 is 5.32 Å². The molecule has 2 rings (SSSR count). The van der Waals surface area contributed by atoms with Crippen molar-refractivity contribution in [3.05, 3.63) is 47.8 Å². The van der Waals surface area contributed by atoms with Crippen molar-refractivity contribution < 1.29 is 0 Å². The Kier molecular flexibility index (Phi) is 2.79. The molecule has 0 unspecified atom stereocenters. The summed E-state index contributed by atoms with van der Waals surface area (Å²) in [6.07, 6.45) is 1.70. The average molecular weight is 210 g/mol. The minimum Gasteiger partial charge on any atom is -0.324 e. The van der Waals surface area contributed by atoms with Gasteiger partial charge in [-0.1, -0.05) is 0 Å². The third kappa shape index (κ3) is 2.34. The monoisotopic (exact) mass is 210 g/mol. The molecular formula is C12H10N4. The van der Waals surface area contributed by atoms with Crippen LogP contribution >= 0.6 is 0 Å². The number of rotatable bonds is 2. The molecule has 1 aromatic heterocycles. The Morgan fingerprint density at radius 3 is 2.56 bits per heavy atom. The van der Waals surface area contributed by atoms with E-state index < -0.39 is 0 Å². The maximum Gasteiger partial charge on any atom is 0.227 e. The lowest BCUT2D eigenvalue weighted by Crippen LogP contribution is -1.97. The van der Waals surface area contributed by atoms with Gasteiger partial charge in [-0.15, -0.1) is 0 Å². The van der Waals surface area contributed by atoms with Gasteiger partial charge in [0, 0.05) is 17.6 Å². The zero-order valence-electron chi connectivity index (χ0n) is 8.81. The van der Waals surface area contributed by atoms with Crippen LogP contribution in [-0.2, 0) is 0 Å². The van der Waals surface area contributed by atoms with E-state index in [2.05, 4.69) is 21.4 Å². The summed E-state index contributed by atoms with van der Waals surface area (Å²) in [4.78, 5) is 8.31. The molecule has 0 fully saturated rings. The van der Waals surface area contributed by atoms with Crippen LogP contribution in [0.15, 0.2) is 36.5 Å². The number of aromatic nitrogens is 2. The zero-order chi connectivity index (χ0) is 11.4. The van der Waals surface area contributed by atoms with Gasteiger partial charge >= 0.3 is 0 Å². The fourth-order valence-corrected chi connectivity index (χ4v) is 1.27. The van der Waals surface area contributed by atoms with Crippen molar-refractivity contribution in [2.24, 2.45) is 0 Å². The van der Waals surface area contributed by atoms with Crippen LogP contribution < -0.4 is 5.32 Å². The first-order valence-corrected chi connectivity index (χ1v) is 4.85. The van der Waals surface area contributed by atoms with Crippen molar-refractivity contribution in [2.75, 3.05) is 5.32 Å². The van der Waals surface area contributed by atoms with Crippen LogP contribution in [0, 0.1) is 18.3 Å². The number of nitriles is 1. The fraction of sp³-hybridized carbons (Fsp3) is 0.0833. The van der Waals surface area contributed by atoms with Gasteiger partial charge in [0.2, 0.25) is 5.95 Å². The molecule has 4 heteroatoms. The molecular weight excluding hydrogens is 200 g/mol. The van der Waals surface area contributed by atoms with E-state index in [1.54, 1.807) is 18.3 Å². The lowest BCUT2D eigenvalue weighted by atomic mass is 10.2. The molecule has 0 bridgehead atoms. The van der Waals surface area contributed by atoms with E-state index in [0.29, 0.717) is 11.5 Å². The molecule has 4 nitrogen and oxygen atoms in total. The third-order valence-electron chi connectivity index (χ3n) is 2.06. The van der Waals surface area contributed by atoms with Crippen molar-refractivity contribution in [1.82, 2.24) is 9.97 Å². The van der Waals surface area contributed by atoms with Gasteiger partial charge in [0.25, 0.3) is 0 Å². The standard InChI is InChI=1S/C12H10N4/c1-9-6-7-14-12(15-9)16-11-4-2-10(8-13)3-5-11/h2-7H,1H3,(H,14,15,16). The highest BCUT2D eigenvalue weighted by molar-refractivity contribution is 5.54. The molecule has 16 heavy (non-hydrogen) atoms. The SMILES string of the molecule is Cc1ccnc(Nc2ccc(C#N)cc2)n1. The first-order valence-electron chi connectivity index (χ1n) is 4.85. The van der Waals surface area contributed by atoms with Crippen LogP contribution in [-0.4, -0.2) is 9.97 Å². The maximum absolute atomic E-state index is 8.66. The van der Waals surface area contributed by atoms with E-state index in [-0.39, 0.29) is 0 Å². The van der Waals surface area contributed by atoms with Crippen molar-refractivity contribution >= 4 is 11.6 Å². The smallest absolute Gasteiger partial charge is 0.227 e. The van der Waals surface area contributed by atoms with Crippen molar-refractivity contribution in [1.29, 1.82) is 5.26 Å². The number of nitrogens with zero attached hydrogens (tertiary/aromatic N) is 3. The molecule has 0 aliphatic rings. The molecule has 0 amide bonds. The van der Waals surface area contributed by atoms with Crippen LogP contribution in [0.4, 0.5) is 11.6 Å². The number of benzene rings is 1. The molecule has 0 atom stereocenters. The lowest BCUT2D eigenvalue weighted by molar-refractivity contribution is 1.11. The summed E-state index contributed by atoms with van der Waals surface area (Å²) in [6.45, 7) is 1.91. The highest BCUT2D eigenvalue weighted by atomic mass is 15.1. The van der Waals surface area contributed by atoms with E-state index in [1.165, 1.54) is 0 Å². The van der Waals surface area contributed by atoms with Crippen molar-refractivity contribution in [2.45, 2.75) is 6.92 Å². The second-order valence-corrected chi connectivity index (χ2v) is 3.34. The van der Waals surface area contributed by atoms with Crippen LogP contribution in [0.25, 0.3) is 0 Å². The highest BCUT2D eigenvalue weighted by Gasteiger charge is 1.97. The largest absolute Gasteiger partial charge is 0.324 e. The number of aryl methyl sites for hydroxylation is 1. The minimum absolute atomic E-state index is 0.560. The van der Waals surface area contributed by atoms with E-state index >= 15 is 0 Å². The van der Waals surface area contributed by atoms with Crippen molar-refractivity contribution in [3.8, 4) is 6.07 Å². The Balaban J connectivity index is 2.18. The number of hydrogen-bond acceptors (Lipinski definition) is 4. The van der Waals surface area contributed by atoms with E-state index in [4.69, 9.17) is 5.26 Å². The topological polar surface area (TPSA) is 61.6 Å². The summed E-state index contributed by atoms with van der Waals surface area (Å²) < 4.78 is 0. The highest BCUT2D eigenvalue weighted by Crippen LogP contribution is 2.13. The molecule has 0 spiro atoms. The van der Waals surface area contributed by atoms with Gasteiger partial charge in [-0.25, -0.2) is 9.97 Å². The molecule has 1 heterocycles. The average Bonchev–Trinajstić information content (AvgIpc) is 2.30. The molecule has 0 aliphatic heterocycles. The normalized spacial score (nSPS) is 9.50. The first kappa shape index (κ1) is 10.1. The number of nitrogens with one attached hydrogen (secondary N) is 1. The molecule has 78 valence electrons. The summed E-state index contributed by atoms with van der Waals surface area (Å²) in [7, 11) is 0. The predicted molar refractivity (Wildman–Crippen MR) is 61.2 cm³/mol. The summed E-state index contributed by atoms with van der Waals surface area (Å²) in [6, 6.07) is 11.0. The predicted octanol–water partition coefficient (Wildman–Crippen LogP) is 2.40. The molecule has 0 saturated heterocycles. The van der Waals surface area contributed by atoms with Gasteiger partial charge in [0.15, 0.2) is 0 Å². The van der Waals surface area contributed by atoms with Crippen molar-refractivity contribution in [3.63, 3.8) is 0 Å². The molecule has 0 saturated carbocycles. The molecule has 0 aliphatic carbocycles. The minimum atomic E-state index is 0.560. The van der Waals surface area contributed by atoms with E-state index in [0.717, 1.165) is 11.4 Å². The Morgan fingerprint density at radius 2 is 1.94 bits per heavy atom. The lowest BCUT2D eigenvalue weighted by Gasteiger charge is -2.04. The summed E-state index contributed by atoms with van der Waals surface area (Å²) in [5.41, 5.74) is 2.41. The van der Waals surface area contributed by atoms with Gasteiger partial charge in [-0.2, -0.15) is 5.26 Å². The van der Waals surface area contributed by atoms with E-state index in [1.807, 2.05) is 25.1 Å². The fourth-order valence-electron chi connectivity index (χ4n) is 1.27. The van der Waals surface area contributed by atoms with Crippen LogP contribution in [0.3, 0.4) is 0 Å². The Hall–Kier alpha value is -2.41. The number of hydrogen-bond donors (Lipinski definition) is 1. The summed E-state index contributed by atoms with van der Waals surface area (Å²) in [5.74, 6) is 0.560. The summed E-state index contributed by atoms with van der Waals surface area (Å²) >= 11 is 0. The van der Waals surface area contributed by atoms with Crippen LogP contribution in [0.5, 0.6) is 0 Å². The van der Waals surface area contributed by atoms with Crippen LogP contribution in [0.1, 0.15) is 11.3 Å². The van der Waals surface area contributed by atoms with Gasteiger partial charge in [-0.05, 0) is 37.3 Å².